The molecule has 0 amide bonds. The van der Waals surface area contributed by atoms with Crippen molar-refractivity contribution >= 4 is 0 Å². The third kappa shape index (κ3) is 5.36. The zero-order valence-electron chi connectivity index (χ0n) is 11.8. The summed E-state index contributed by atoms with van der Waals surface area (Å²) in [5, 5.41) is 13.6. The molecule has 3 unspecified atom stereocenters. The Bertz CT molecular complexity index is 216. The highest BCUT2D eigenvalue weighted by atomic mass is 16.5. The van der Waals surface area contributed by atoms with Gasteiger partial charge in [-0.3, -0.25) is 0 Å². The first-order valence-corrected chi connectivity index (χ1v) is 7.02. The van der Waals surface area contributed by atoms with E-state index in [0.717, 1.165) is 32.3 Å². The van der Waals surface area contributed by atoms with Crippen LogP contribution in [0.4, 0.5) is 0 Å². The van der Waals surface area contributed by atoms with Crippen LogP contribution in [0.25, 0.3) is 0 Å². The molecule has 0 bridgehead atoms. The number of hydrogen-bond acceptors (Lipinski definition) is 3. The Morgan fingerprint density at radius 3 is 2.76 bits per heavy atom. The summed E-state index contributed by atoms with van der Waals surface area (Å²) in [5.74, 6) is 0.579. The van der Waals surface area contributed by atoms with Crippen molar-refractivity contribution in [2.45, 2.75) is 71.1 Å². The average molecular weight is 243 g/mol. The zero-order valence-corrected chi connectivity index (χ0v) is 11.8. The summed E-state index contributed by atoms with van der Waals surface area (Å²) >= 11 is 0. The van der Waals surface area contributed by atoms with E-state index < -0.39 is 5.60 Å². The van der Waals surface area contributed by atoms with E-state index in [-0.39, 0.29) is 0 Å². The molecule has 1 aliphatic heterocycles. The molecule has 0 aliphatic carbocycles. The van der Waals surface area contributed by atoms with Crippen molar-refractivity contribution in [1.82, 2.24) is 5.32 Å². The van der Waals surface area contributed by atoms with Crippen molar-refractivity contribution in [3.63, 3.8) is 0 Å². The molecule has 1 fully saturated rings. The molecule has 1 heterocycles. The Morgan fingerprint density at radius 1 is 1.47 bits per heavy atom. The van der Waals surface area contributed by atoms with Crippen LogP contribution in [0.1, 0.15) is 53.4 Å². The fourth-order valence-corrected chi connectivity index (χ4v) is 2.47. The minimum absolute atomic E-state index is 0.373. The fourth-order valence-electron chi connectivity index (χ4n) is 2.47. The molecule has 1 aliphatic rings. The first-order chi connectivity index (χ1) is 7.94. The quantitative estimate of drug-likeness (QED) is 0.752. The molecule has 3 atom stereocenters. The van der Waals surface area contributed by atoms with E-state index in [1.54, 1.807) is 0 Å². The molecule has 0 aromatic carbocycles. The summed E-state index contributed by atoms with van der Waals surface area (Å²) < 4.78 is 5.75. The standard InChI is InChI=1S/C14H29NO2/c1-5-7-14(4,16)10-15-12-6-8-17-13(9-12)11(2)3/h11-13,15-16H,5-10H2,1-4H3. The molecule has 3 heteroatoms. The maximum absolute atomic E-state index is 10.1. The lowest BCUT2D eigenvalue weighted by Gasteiger charge is -2.34. The second-order valence-corrected chi connectivity index (χ2v) is 6.00. The number of rotatable bonds is 6. The molecule has 102 valence electrons. The van der Waals surface area contributed by atoms with Gasteiger partial charge in [-0.25, -0.2) is 0 Å². The van der Waals surface area contributed by atoms with Crippen molar-refractivity contribution in [1.29, 1.82) is 0 Å². The van der Waals surface area contributed by atoms with Gasteiger partial charge in [0.05, 0.1) is 11.7 Å². The highest BCUT2D eigenvalue weighted by Gasteiger charge is 2.27. The zero-order chi connectivity index (χ0) is 12.9. The normalized spacial score (nSPS) is 29.3. The van der Waals surface area contributed by atoms with E-state index in [1.165, 1.54) is 0 Å². The van der Waals surface area contributed by atoms with Crippen LogP contribution >= 0.6 is 0 Å². The van der Waals surface area contributed by atoms with Crippen LogP contribution in [0.3, 0.4) is 0 Å². The number of aliphatic hydroxyl groups is 1. The molecule has 17 heavy (non-hydrogen) atoms. The lowest BCUT2D eigenvalue weighted by molar-refractivity contribution is -0.0296. The van der Waals surface area contributed by atoms with Gasteiger partial charge in [0.1, 0.15) is 0 Å². The topological polar surface area (TPSA) is 41.5 Å². The van der Waals surface area contributed by atoms with E-state index in [1.807, 2.05) is 6.92 Å². The second kappa shape index (κ2) is 6.72. The van der Waals surface area contributed by atoms with Gasteiger partial charge in [-0.2, -0.15) is 0 Å². The third-order valence-electron chi connectivity index (χ3n) is 3.62. The van der Waals surface area contributed by atoms with E-state index in [0.29, 0.717) is 24.6 Å². The summed E-state index contributed by atoms with van der Waals surface area (Å²) in [6.45, 7) is 9.98. The van der Waals surface area contributed by atoms with Crippen LogP contribution < -0.4 is 5.32 Å². The first kappa shape index (κ1) is 14.9. The van der Waals surface area contributed by atoms with Gasteiger partial charge in [-0.15, -0.1) is 0 Å². The highest BCUT2D eigenvalue weighted by molar-refractivity contribution is 4.82. The molecule has 1 saturated heterocycles. The van der Waals surface area contributed by atoms with E-state index in [9.17, 15) is 5.11 Å². The van der Waals surface area contributed by atoms with Gasteiger partial charge in [0.25, 0.3) is 0 Å². The van der Waals surface area contributed by atoms with Gasteiger partial charge >= 0.3 is 0 Å². The number of nitrogens with one attached hydrogen (secondary N) is 1. The van der Waals surface area contributed by atoms with Crippen molar-refractivity contribution in [2.24, 2.45) is 5.92 Å². The van der Waals surface area contributed by atoms with Crippen molar-refractivity contribution < 1.29 is 9.84 Å². The molecular formula is C14H29NO2. The lowest BCUT2D eigenvalue weighted by Crippen LogP contribution is -2.46. The predicted octanol–water partition coefficient (Wildman–Crippen LogP) is 2.33. The third-order valence-corrected chi connectivity index (χ3v) is 3.62. The van der Waals surface area contributed by atoms with Crippen LogP contribution in [-0.4, -0.2) is 36.0 Å². The van der Waals surface area contributed by atoms with Crippen LogP contribution in [0.2, 0.25) is 0 Å². The molecule has 0 saturated carbocycles. The summed E-state index contributed by atoms with van der Waals surface area (Å²) in [5.41, 5.74) is -0.569. The number of ether oxygens (including phenoxy) is 1. The largest absolute Gasteiger partial charge is 0.389 e. The predicted molar refractivity (Wildman–Crippen MR) is 71.1 cm³/mol. The summed E-state index contributed by atoms with van der Waals surface area (Å²) in [4.78, 5) is 0. The average Bonchev–Trinajstić information content (AvgIpc) is 2.27. The van der Waals surface area contributed by atoms with Gasteiger partial charge < -0.3 is 15.2 Å². The molecule has 0 radical (unpaired) electrons. The summed E-state index contributed by atoms with van der Waals surface area (Å²) in [7, 11) is 0. The van der Waals surface area contributed by atoms with Crippen LogP contribution in [0, 0.1) is 5.92 Å². The monoisotopic (exact) mass is 243 g/mol. The maximum Gasteiger partial charge on any atom is 0.0743 e. The molecule has 0 spiro atoms. The molecule has 0 aromatic heterocycles. The lowest BCUT2D eigenvalue weighted by atomic mass is 9.94. The minimum atomic E-state index is -0.569. The van der Waals surface area contributed by atoms with Crippen LogP contribution in [0.15, 0.2) is 0 Å². The van der Waals surface area contributed by atoms with Crippen molar-refractivity contribution in [3.8, 4) is 0 Å². The van der Waals surface area contributed by atoms with Gasteiger partial charge in [-0.05, 0) is 32.1 Å². The van der Waals surface area contributed by atoms with E-state index in [4.69, 9.17) is 4.74 Å². The summed E-state index contributed by atoms with van der Waals surface area (Å²) in [6.07, 6.45) is 4.39. The van der Waals surface area contributed by atoms with Crippen LogP contribution in [0.5, 0.6) is 0 Å². The molecule has 0 aromatic rings. The van der Waals surface area contributed by atoms with Crippen LogP contribution in [-0.2, 0) is 4.74 Å². The molecule has 2 N–H and O–H groups in total. The van der Waals surface area contributed by atoms with Crippen molar-refractivity contribution in [2.75, 3.05) is 13.2 Å². The Kier molecular flexibility index (Phi) is 5.90. The first-order valence-electron chi connectivity index (χ1n) is 7.02. The Morgan fingerprint density at radius 2 is 2.18 bits per heavy atom. The Labute approximate surface area is 106 Å². The van der Waals surface area contributed by atoms with Gasteiger partial charge in [0, 0.05) is 19.2 Å². The Hall–Kier alpha value is -0.120. The number of hydrogen-bond donors (Lipinski definition) is 2. The van der Waals surface area contributed by atoms with Gasteiger partial charge in [0.2, 0.25) is 0 Å². The fraction of sp³-hybridized carbons (Fsp3) is 1.00. The highest BCUT2D eigenvalue weighted by Crippen LogP contribution is 2.21. The molecule has 3 nitrogen and oxygen atoms in total. The minimum Gasteiger partial charge on any atom is -0.389 e. The molecule has 1 rings (SSSR count). The van der Waals surface area contributed by atoms with E-state index in [2.05, 4.69) is 26.1 Å². The van der Waals surface area contributed by atoms with Gasteiger partial charge in [-0.1, -0.05) is 27.2 Å². The van der Waals surface area contributed by atoms with E-state index >= 15 is 0 Å². The van der Waals surface area contributed by atoms with Gasteiger partial charge in [0.15, 0.2) is 0 Å². The summed E-state index contributed by atoms with van der Waals surface area (Å²) in [6, 6.07) is 0.500. The molecular weight excluding hydrogens is 214 g/mol. The SMILES string of the molecule is CCCC(C)(O)CNC1CCOC(C(C)C)C1. The van der Waals surface area contributed by atoms with Crippen molar-refractivity contribution in [3.05, 3.63) is 0 Å². The maximum atomic E-state index is 10.1. The Balaban J connectivity index is 2.31. The smallest absolute Gasteiger partial charge is 0.0743 e. The second-order valence-electron chi connectivity index (χ2n) is 6.00.